The Kier molecular flexibility index (Phi) is 6.00. The SMILES string of the molecule is CN=C(NCc1ccnc(N2CCN(C)CC2)c1)NC(C)C. The first-order chi connectivity index (χ1) is 10.6. The molecule has 1 fully saturated rings. The van der Waals surface area contributed by atoms with Crippen molar-refractivity contribution < 1.29 is 0 Å². The molecule has 1 saturated heterocycles. The minimum atomic E-state index is 0.365. The maximum Gasteiger partial charge on any atom is 0.191 e. The molecule has 2 heterocycles. The normalized spacial score (nSPS) is 17.0. The number of anilines is 1. The third-order valence-corrected chi connectivity index (χ3v) is 3.75. The zero-order chi connectivity index (χ0) is 15.9. The first-order valence-corrected chi connectivity index (χ1v) is 7.94. The number of hydrogen-bond acceptors (Lipinski definition) is 4. The predicted octanol–water partition coefficient (Wildman–Crippen LogP) is 0.907. The first-order valence-electron chi connectivity index (χ1n) is 7.94. The molecule has 22 heavy (non-hydrogen) atoms. The molecule has 0 aromatic carbocycles. The summed E-state index contributed by atoms with van der Waals surface area (Å²) in [4.78, 5) is 13.4. The van der Waals surface area contributed by atoms with Crippen LogP contribution in [0.15, 0.2) is 23.3 Å². The van der Waals surface area contributed by atoms with Gasteiger partial charge in [0.2, 0.25) is 0 Å². The number of rotatable bonds is 4. The number of aliphatic imine (C=N–C) groups is 1. The van der Waals surface area contributed by atoms with E-state index in [1.54, 1.807) is 7.05 Å². The van der Waals surface area contributed by atoms with Gasteiger partial charge in [0, 0.05) is 52.0 Å². The number of aromatic nitrogens is 1. The molecular weight excluding hydrogens is 276 g/mol. The van der Waals surface area contributed by atoms with E-state index in [2.05, 4.69) is 63.4 Å². The zero-order valence-corrected chi connectivity index (χ0v) is 14.1. The fourth-order valence-electron chi connectivity index (χ4n) is 2.43. The molecule has 2 rings (SSSR count). The topological polar surface area (TPSA) is 55.8 Å². The Morgan fingerprint density at radius 3 is 2.68 bits per heavy atom. The molecule has 0 saturated carbocycles. The summed E-state index contributed by atoms with van der Waals surface area (Å²) in [5.74, 6) is 1.90. The van der Waals surface area contributed by atoms with Gasteiger partial charge in [-0.1, -0.05) is 0 Å². The van der Waals surface area contributed by atoms with E-state index in [9.17, 15) is 0 Å². The lowest BCUT2D eigenvalue weighted by Crippen LogP contribution is -2.44. The molecule has 0 unspecified atom stereocenters. The van der Waals surface area contributed by atoms with Crippen LogP contribution in [-0.4, -0.2) is 62.2 Å². The molecule has 0 amide bonds. The van der Waals surface area contributed by atoms with E-state index in [0.29, 0.717) is 6.04 Å². The van der Waals surface area contributed by atoms with Crippen molar-refractivity contribution in [1.29, 1.82) is 0 Å². The second-order valence-corrected chi connectivity index (χ2v) is 6.04. The van der Waals surface area contributed by atoms with Gasteiger partial charge in [-0.2, -0.15) is 0 Å². The smallest absolute Gasteiger partial charge is 0.191 e. The van der Waals surface area contributed by atoms with Crippen LogP contribution in [0.25, 0.3) is 0 Å². The van der Waals surface area contributed by atoms with E-state index in [4.69, 9.17) is 0 Å². The summed E-state index contributed by atoms with van der Waals surface area (Å²) in [7, 11) is 3.96. The lowest BCUT2D eigenvalue weighted by atomic mass is 10.2. The van der Waals surface area contributed by atoms with Gasteiger partial charge in [0.25, 0.3) is 0 Å². The van der Waals surface area contributed by atoms with Crippen molar-refractivity contribution in [2.45, 2.75) is 26.4 Å². The molecule has 6 nitrogen and oxygen atoms in total. The molecule has 6 heteroatoms. The van der Waals surface area contributed by atoms with Crippen molar-refractivity contribution >= 4 is 11.8 Å². The van der Waals surface area contributed by atoms with E-state index in [0.717, 1.165) is 44.5 Å². The molecule has 0 aliphatic carbocycles. The monoisotopic (exact) mass is 304 g/mol. The van der Waals surface area contributed by atoms with Crippen LogP contribution in [0.4, 0.5) is 5.82 Å². The number of pyridine rings is 1. The van der Waals surface area contributed by atoms with Gasteiger partial charge in [-0.15, -0.1) is 0 Å². The molecule has 1 aromatic rings. The maximum absolute atomic E-state index is 4.52. The largest absolute Gasteiger partial charge is 0.354 e. The summed E-state index contributed by atoms with van der Waals surface area (Å²) in [6.45, 7) is 9.21. The van der Waals surface area contributed by atoms with Crippen LogP contribution in [0.5, 0.6) is 0 Å². The molecule has 1 aliphatic heterocycles. The number of nitrogens with one attached hydrogen (secondary N) is 2. The minimum absolute atomic E-state index is 0.365. The number of likely N-dealkylation sites (N-methyl/N-ethyl adjacent to an activating group) is 1. The van der Waals surface area contributed by atoms with Gasteiger partial charge in [-0.05, 0) is 38.6 Å². The highest BCUT2D eigenvalue weighted by Gasteiger charge is 2.15. The third-order valence-electron chi connectivity index (χ3n) is 3.75. The van der Waals surface area contributed by atoms with Gasteiger partial charge in [-0.25, -0.2) is 4.98 Å². The predicted molar refractivity (Wildman–Crippen MR) is 92.4 cm³/mol. The Morgan fingerprint density at radius 1 is 1.32 bits per heavy atom. The highest BCUT2D eigenvalue weighted by Crippen LogP contribution is 2.14. The van der Waals surface area contributed by atoms with Gasteiger partial charge in [0.05, 0.1) is 0 Å². The highest BCUT2D eigenvalue weighted by atomic mass is 15.3. The van der Waals surface area contributed by atoms with E-state index < -0.39 is 0 Å². The average Bonchev–Trinajstić information content (AvgIpc) is 2.52. The van der Waals surface area contributed by atoms with E-state index in [1.807, 2.05) is 6.20 Å². The minimum Gasteiger partial charge on any atom is -0.354 e. The summed E-state index contributed by atoms with van der Waals surface area (Å²) < 4.78 is 0. The Labute approximate surface area is 133 Å². The molecule has 0 atom stereocenters. The van der Waals surface area contributed by atoms with Crippen molar-refractivity contribution in [2.24, 2.45) is 4.99 Å². The summed E-state index contributed by atoms with van der Waals surface area (Å²) in [6, 6.07) is 4.58. The van der Waals surface area contributed by atoms with Crippen LogP contribution in [-0.2, 0) is 6.54 Å². The molecule has 122 valence electrons. The third kappa shape index (κ3) is 4.87. The van der Waals surface area contributed by atoms with Gasteiger partial charge in [0.1, 0.15) is 5.82 Å². The Morgan fingerprint density at radius 2 is 2.05 bits per heavy atom. The number of piperazine rings is 1. The fourth-order valence-corrected chi connectivity index (χ4v) is 2.43. The fraction of sp³-hybridized carbons (Fsp3) is 0.625. The van der Waals surface area contributed by atoms with Gasteiger partial charge < -0.3 is 20.4 Å². The average molecular weight is 304 g/mol. The quantitative estimate of drug-likeness (QED) is 0.639. The first kappa shape index (κ1) is 16.5. The van der Waals surface area contributed by atoms with Crippen LogP contribution >= 0.6 is 0 Å². The summed E-state index contributed by atoms with van der Waals surface area (Å²) >= 11 is 0. The molecule has 1 aliphatic rings. The van der Waals surface area contributed by atoms with E-state index >= 15 is 0 Å². The molecule has 1 aromatic heterocycles. The standard InChI is InChI=1S/C16H28N6/c1-13(2)20-16(17-3)19-12-14-5-6-18-15(11-14)22-9-7-21(4)8-10-22/h5-6,11,13H,7-10,12H2,1-4H3,(H2,17,19,20). The molecular formula is C16H28N6. The van der Waals surface area contributed by atoms with E-state index in [1.165, 1.54) is 5.56 Å². The molecule has 2 N–H and O–H groups in total. The lowest BCUT2D eigenvalue weighted by Gasteiger charge is -2.33. The van der Waals surface area contributed by atoms with Crippen molar-refractivity contribution in [3.8, 4) is 0 Å². The molecule has 0 spiro atoms. The number of guanidine groups is 1. The summed E-state index contributed by atoms with van der Waals surface area (Å²) in [6.07, 6.45) is 1.89. The zero-order valence-electron chi connectivity index (χ0n) is 14.1. The van der Waals surface area contributed by atoms with E-state index in [-0.39, 0.29) is 0 Å². The van der Waals surface area contributed by atoms with Crippen LogP contribution < -0.4 is 15.5 Å². The maximum atomic E-state index is 4.52. The van der Waals surface area contributed by atoms with Crippen molar-refractivity contribution in [3.63, 3.8) is 0 Å². The van der Waals surface area contributed by atoms with Crippen molar-refractivity contribution in [3.05, 3.63) is 23.9 Å². The lowest BCUT2D eigenvalue weighted by molar-refractivity contribution is 0.312. The molecule has 0 radical (unpaired) electrons. The second kappa shape index (κ2) is 7.98. The Hall–Kier alpha value is -1.82. The molecule has 0 bridgehead atoms. The number of hydrogen-bond donors (Lipinski definition) is 2. The van der Waals surface area contributed by atoms with Crippen LogP contribution in [0.1, 0.15) is 19.4 Å². The van der Waals surface area contributed by atoms with Crippen LogP contribution in [0, 0.1) is 0 Å². The van der Waals surface area contributed by atoms with Crippen LogP contribution in [0.3, 0.4) is 0 Å². The second-order valence-electron chi connectivity index (χ2n) is 6.04. The summed E-state index contributed by atoms with van der Waals surface area (Å²) in [5.41, 5.74) is 1.22. The van der Waals surface area contributed by atoms with Gasteiger partial charge in [-0.3, -0.25) is 4.99 Å². The Bertz CT molecular complexity index is 491. The van der Waals surface area contributed by atoms with Gasteiger partial charge >= 0.3 is 0 Å². The van der Waals surface area contributed by atoms with Crippen molar-refractivity contribution in [2.75, 3.05) is 45.2 Å². The highest BCUT2D eigenvalue weighted by molar-refractivity contribution is 5.79. The summed E-state index contributed by atoms with van der Waals surface area (Å²) in [5, 5.41) is 6.63. The van der Waals surface area contributed by atoms with Crippen molar-refractivity contribution in [1.82, 2.24) is 20.5 Å². The Balaban J connectivity index is 1.94. The van der Waals surface area contributed by atoms with Gasteiger partial charge in [0.15, 0.2) is 5.96 Å². The van der Waals surface area contributed by atoms with Crippen LogP contribution in [0.2, 0.25) is 0 Å². The number of nitrogens with zero attached hydrogens (tertiary/aromatic N) is 4.